The molecule has 0 radical (unpaired) electrons. The zero-order valence-corrected chi connectivity index (χ0v) is 12.9. The van der Waals surface area contributed by atoms with E-state index in [4.69, 9.17) is 0 Å². The Labute approximate surface area is 140 Å². The molecule has 1 aliphatic rings. The van der Waals surface area contributed by atoms with Gasteiger partial charge in [0.1, 0.15) is 23.3 Å². The van der Waals surface area contributed by atoms with Crippen molar-refractivity contribution in [1.82, 2.24) is 4.90 Å². The first-order valence-corrected chi connectivity index (χ1v) is 7.36. The highest BCUT2D eigenvalue weighted by atomic mass is 19.1. The van der Waals surface area contributed by atoms with Crippen LogP contribution in [0.1, 0.15) is 18.1 Å². The predicted molar refractivity (Wildman–Crippen MR) is 81.9 cm³/mol. The lowest BCUT2D eigenvalue weighted by molar-refractivity contribution is -0.135. The van der Waals surface area contributed by atoms with Gasteiger partial charge in [-0.1, -0.05) is 0 Å². The number of halogens is 4. The molecule has 0 unspecified atom stereocenters. The van der Waals surface area contributed by atoms with Crippen LogP contribution in [0.15, 0.2) is 36.4 Å². The van der Waals surface area contributed by atoms with Crippen LogP contribution in [0.5, 0.6) is 0 Å². The van der Waals surface area contributed by atoms with Crippen LogP contribution in [0.25, 0.3) is 11.1 Å². The first-order chi connectivity index (χ1) is 11.8. The van der Waals surface area contributed by atoms with Crippen molar-refractivity contribution in [2.24, 2.45) is 0 Å². The molecule has 128 valence electrons. The summed E-state index contributed by atoms with van der Waals surface area (Å²) < 4.78 is 54.7. The van der Waals surface area contributed by atoms with Gasteiger partial charge in [-0.15, -0.1) is 0 Å². The van der Waals surface area contributed by atoms with Crippen LogP contribution in [-0.2, 0) is 9.59 Å². The fraction of sp³-hybridized carbons (Fsp3) is 0.111. The normalized spacial score (nSPS) is 14.7. The van der Waals surface area contributed by atoms with E-state index in [1.54, 1.807) is 0 Å². The van der Waals surface area contributed by atoms with Gasteiger partial charge in [-0.2, -0.15) is 0 Å². The first-order valence-electron chi connectivity index (χ1n) is 7.36. The number of nitrogens with zero attached hydrogens (tertiary/aromatic N) is 1. The van der Waals surface area contributed by atoms with Crippen LogP contribution < -0.4 is 0 Å². The van der Waals surface area contributed by atoms with E-state index >= 15 is 0 Å². The van der Waals surface area contributed by atoms with Crippen molar-refractivity contribution in [3.8, 4) is 0 Å². The van der Waals surface area contributed by atoms with Gasteiger partial charge in [0.2, 0.25) is 0 Å². The molecular formula is C18H11F4NO2. The second kappa shape index (κ2) is 6.16. The van der Waals surface area contributed by atoms with Crippen molar-refractivity contribution in [3.05, 3.63) is 70.8 Å². The van der Waals surface area contributed by atoms with Gasteiger partial charge in [0.15, 0.2) is 0 Å². The van der Waals surface area contributed by atoms with E-state index in [-0.39, 0.29) is 28.8 Å². The number of carbonyl (C=O) groups excluding carboxylic acids is 2. The number of imide groups is 1. The zero-order chi connectivity index (χ0) is 18.3. The number of rotatable bonds is 3. The summed E-state index contributed by atoms with van der Waals surface area (Å²) in [6.07, 6.45) is 0. The van der Waals surface area contributed by atoms with Gasteiger partial charge in [0.25, 0.3) is 11.8 Å². The van der Waals surface area contributed by atoms with E-state index in [1.165, 1.54) is 6.92 Å². The number of hydrogen-bond acceptors (Lipinski definition) is 2. The standard InChI is InChI=1S/C18H11F4NO2/c1-2-23-17(24)15(11-5-3-9(19)7-13(11)21)16(18(23)25)12-6-4-10(20)8-14(12)22/h3-8H,2H2,1H3. The molecule has 0 N–H and O–H groups in total. The molecule has 3 rings (SSSR count). The second-order valence-electron chi connectivity index (χ2n) is 5.35. The number of carbonyl (C=O) groups is 2. The number of amides is 2. The molecule has 0 fully saturated rings. The average molecular weight is 349 g/mol. The van der Waals surface area contributed by atoms with Gasteiger partial charge in [-0.3, -0.25) is 14.5 Å². The lowest BCUT2D eigenvalue weighted by Crippen LogP contribution is -2.31. The fourth-order valence-corrected chi connectivity index (χ4v) is 2.75. The number of benzene rings is 2. The Balaban J connectivity index is 2.32. The summed E-state index contributed by atoms with van der Waals surface area (Å²) in [6.45, 7) is 1.51. The summed E-state index contributed by atoms with van der Waals surface area (Å²) in [6, 6.07) is 4.99. The van der Waals surface area contributed by atoms with Gasteiger partial charge in [0, 0.05) is 29.8 Å². The quantitative estimate of drug-likeness (QED) is 0.628. The first kappa shape index (κ1) is 16.9. The van der Waals surface area contributed by atoms with Gasteiger partial charge in [-0.25, -0.2) is 17.6 Å². The topological polar surface area (TPSA) is 37.4 Å². The minimum Gasteiger partial charge on any atom is -0.275 e. The molecule has 0 atom stereocenters. The lowest BCUT2D eigenvalue weighted by atomic mass is 9.95. The van der Waals surface area contributed by atoms with E-state index in [1.807, 2.05) is 0 Å². The van der Waals surface area contributed by atoms with Crippen LogP contribution in [0.4, 0.5) is 17.6 Å². The molecule has 1 aliphatic heterocycles. The van der Waals surface area contributed by atoms with Crippen LogP contribution in [-0.4, -0.2) is 23.3 Å². The smallest absolute Gasteiger partial charge is 0.262 e. The van der Waals surface area contributed by atoms with Gasteiger partial charge in [-0.05, 0) is 31.2 Å². The molecule has 2 aromatic rings. The third kappa shape index (κ3) is 2.71. The van der Waals surface area contributed by atoms with Crippen LogP contribution in [0, 0.1) is 23.3 Å². The summed E-state index contributed by atoms with van der Waals surface area (Å²) in [7, 11) is 0. The molecule has 0 aromatic heterocycles. The molecule has 0 spiro atoms. The van der Waals surface area contributed by atoms with Crippen LogP contribution in [0.3, 0.4) is 0 Å². The Kier molecular flexibility index (Phi) is 4.16. The van der Waals surface area contributed by atoms with Gasteiger partial charge < -0.3 is 0 Å². The minimum absolute atomic E-state index is 0.0176. The Morgan fingerprint density at radius 2 is 1.16 bits per heavy atom. The summed E-state index contributed by atoms with van der Waals surface area (Å²) in [4.78, 5) is 25.9. The molecule has 0 saturated heterocycles. The molecule has 25 heavy (non-hydrogen) atoms. The highest BCUT2D eigenvalue weighted by Crippen LogP contribution is 2.37. The third-order valence-electron chi connectivity index (χ3n) is 3.89. The molecule has 7 heteroatoms. The van der Waals surface area contributed by atoms with Crippen molar-refractivity contribution in [1.29, 1.82) is 0 Å². The molecule has 0 bridgehead atoms. The molecule has 1 heterocycles. The largest absolute Gasteiger partial charge is 0.275 e. The third-order valence-corrected chi connectivity index (χ3v) is 3.89. The Morgan fingerprint density at radius 1 is 0.760 bits per heavy atom. The van der Waals surface area contributed by atoms with E-state index in [9.17, 15) is 27.2 Å². The zero-order valence-electron chi connectivity index (χ0n) is 12.9. The van der Waals surface area contributed by atoms with Gasteiger partial charge in [0.05, 0.1) is 11.1 Å². The van der Waals surface area contributed by atoms with Crippen LogP contribution >= 0.6 is 0 Å². The fourth-order valence-electron chi connectivity index (χ4n) is 2.75. The second-order valence-corrected chi connectivity index (χ2v) is 5.35. The summed E-state index contributed by atoms with van der Waals surface area (Å²) >= 11 is 0. The molecule has 0 aliphatic carbocycles. The summed E-state index contributed by atoms with van der Waals surface area (Å²) in [5.41, 5.74) is -1.41. The van der Waals surface area contributed by atoms with Crippen molar-refractivity contribution in [3.63, 3.8) is 0 Å². The van der Waals surface area contributed by atoms with Crippen LogP contribution in [0.2, 0.25) is 0 Å². The lowest BCUT2D eigenvalue weighted by Gasteiger charge is -2.11. The Bertz CT molecular complexity index is 863. The van der Waals surface area contributed by atoms with E-state index < -0.39 is 35.1 Å². The highest BCUT2D eigenvalue weighted by Gasteiger charge is 2.40. The Morgan fingerprint density at radius 3 is 1.48 bits per heavy atom. The maximum Gasteiger partial charge on any atom is 0.262 e. The van der Waals surface area contributed by atoms with Crippen molar-refractivity contribution in [2.75, 3.05) is 6.54 Å². The molecule has 2 aromatic carbocycles. The number of hydrogen-bond donors (Lipinski definition) is 0. The molecular weight excluding hydrogens is 338 g/mol. The maximum atomic E-state index is 14.2. The Hall–Kier alpha value is -2.96. The maximum absolute atomic E-state index is 14.2. The van der Waals surface area contributed by atoms with Crippen molar-refractivity contribution >= 4 is 23.0 Å². The molecule has 3 nitrogen and oxygen atoms in total. The summed E-state index contributed by atoms with van der Waals surface area (Å²) in [5, 5.41) is 0. The average Bonchev–Trinajstić information content (AvgIpc) is 2.78. The highest BCUT2D eigenvalue weighted by molar-refractivity contribution is 6.49. The predicted octanol–water partition coefficient (Wildman–Crippen LogP) is 3.54. The number of likely N-dealkylation sites (N-methyl/N-ethyl adjacent to an activating group) is 1. The summed E-state index contributed by atoms with van der Waals surface area (Å²) in [5.74, 6) is -5.49. The van der Waals surface area contributed by atoms with E-state index in [0.717, 1.165) is 29.2 Å². The molecule has 0 saturated carbocycles. The van der Waals surface area contributed by atoms with Crippen molar-refractivity contribution < 1.29 is 27.2 Å². The van der Waals surface area contributed by atoms with E-state index in [2.05, 4.69) is 0 Å². The van der Waals surface area contributed by atoms with E-state index in [0.29, 0.717) is 12.1 Å². The monoisotopic (exact) mass is 349 g/mol. The minimum atomic E-state index is -1.06. The van der Waals surface area contributed by atoms with Gasteiger partial charge >= 0.3 is 0 Å². The van der Waals surface area contributed by atoms with Crippen molar-refractivity contribution in [2.45, 2.75) is 6.92 Å². The SMILES string of the molecule is CCN1C(=O)C(c2ccc(F)cc2F)=C(c2ccc(F)cc2F)C1=O. The molecule has 2 amide bonds.